The second-order valence-corrected chi connectivity index (χ2v) is 3.28. The van der Waals surface area contributed by atoms with Gasteiger partial charge >= 0.3 is 5.97 Å². The molecule has 0 amide bonds. The van der Waals surface area contributed by atoms with Crippen molar-refractivity contribution in [1.29, 1.82) is 0 Å². The molecule has 0 saturated carbocycles. The number of nitrogens with zero attached hydrogens (tertiary/aromatic N) is 1. The van der Waals surface area contributed by atoms with Gasteiger partial charge < -0.3 is 20.5 Å². The van der Waals surface area contributed by atoms with Crippen LogP contribution in [0.15, 0.2) is 12.3 Å². The van der Waals surface area contributed by atoms with Crippen LogP contribution in [0.5, 0.6) is 0 Å². The summed E-state index contributed by atoms with van der Waals surface area (Å²) in [6, 6.07) is 1.53. The maximum Gasteiger partial charge on any atom is 0.341 e. The minimum absolute atomic E-state index is 0.323. The number of pyridine rings is 1. The molecule has 1 aromatic rings. The molecule has 0 aromatic carbocycles. The highest BCUT2D eigenvalue weighted by molar-refractivity contribution is 5.95. The molecule has 0 atom stereocenters. The van der Waals surface area contributed by atoms with E-state index in [1.54, 1.807) is 0 Å². The van der Waals surface area contributed by atoms with Gasteiger partial charge in [0.05, 0.1) is 25.6 Å². The average molecular weight is 239 g/mol. The van der Waals surface area contributed by atoms with Crippen LogP contribution in [-0.2, 0) is 9.47 Å². The molecule has 0 saturated heterocycles. The SMILES string of the molecule is CCOCCNc1ncc(N)cc1C(=O)OC. The van der Waals surface area contributed by atoms with Gasteiger partial charge in [-0.25, -0.2) is 9.78 Å². The van der Waals surface area contributed by atoms with Crippen molar-refractivity contribution in [2.45, 2.75) is 6.92 Å². The molecule has 17 heavy (non-hydrogen) atoms. The van der Waals surface area contributed by atoms with Crippen molar-refractivity contribution in [3.8, 4) is 0 Å². The van der Waals surface area contributed by atoms with Crippen molar-refractivity contribution in [1.82, 2.24) is 4.98 Å². The van der Waals surface area contributed by atoms with Crippen LogP contribution < -0.4 is 11.1 Å². The summed E-state index contributed by atoms with van der Waals surface area (Å²) in [6.45, 7) is 3.68. The molecule has 3 N–H and O–H groups in total. The van der Waals surface area contributed by atoms with Crippen molar-refractivity contribution in [3.05, 3.63) is 17.8 Å². The van der Waals surface area contributed by atoms with Crippen LogP contribution in [-0.4, -0.2) is 37.8 Å². The third-order valence-electron chi connectivity index (χ3n) is 2.06. The highest BCUT2D eigenvalue weighted by atomic mass is 16.5. The van der Waals surface area contributed by atoms with Crippen LogP contribution in [0.4, 0.5) is 11.5 Å². The van der Waals surface area contributed by atoms with Crippen molar-refractivity contribution in [3.63, 3.8) is 0 Å². The van der Waals surface area contributed by atoms with Crippen molar-refractivity contribution in [2.24, 2.45) is 0 Å². The Balaban J connectivity index is 2.72. The number of carbonyl (C=O) groups excluding carboxylic acids is 1. The second-order valence-electron chi connectivity index (χ2n) is 3.28. The fourth-order valence-corrected chi connectivity index (χ4v) is 1.27. The molecule has 0 aliphatic rings. The number of nitrogen functional groups attached to an aromatic ring is 1. The van der Waals surface area contributed by atoms with Crippen LogP contribution in [0.2, 0.25) is 0 Å². The van der Waals surface area contributed by atoms with Gasteiger partial charge in [0.2, 0.25) is 0 Å². The lowest BCUT2D eigenvalue weighted by molar-refractivity contribution is 0.0601. The number of esters is 1. The number of carbonyl (C=O) groups is 1. The van der Waals surface area contributed by atoms with Crippen molar-refractivity contribution < 1.29 is 14.3 Å². The predicted octanol–water partition coefficient (Wildman–Crippen LogP) is 0.899. The summed E-state index contributed by atoms with van der Waals surface area (Å²) in [7, 11) is 1.31. The van der Waals surface area contributed by atoms with Gasteiger partial charge in [-0.05, 0) is 13.0 Å². The van der Waals surface area contributed by atoms with E-state index in [0.29, 0.717) is 36.8 Å². The molecule has 0 fully saturated rings. The van der Waals surface area contributed by atoms with E-state index in [1.807, 2.05) is 6.92 Å². The first kappa shape index (κ1) is 13.2. The van der Waals surface area contributed by atoms with E-state index >= 15 is 0 Å². The largest absolute Gasteiger partial charge is 0.465 e. The maximum atomic E-state index is 11.5. The number of hydrogen-bond donors (Lipinski definition) is 2. The van der Waals surface area contributed by atoms with Crippen LogP contribution in [0.1, 0.15) is 17.3 Å². The van der Waals surface area contributed by atoms with Crippen LogP contribution in [0, 0.1) is 0 Å². The lowest BCUT2D eigenvalue weighted by atomic mass is 10.2. The number of anilines is 2. The summed E-state index contributed by atoms with van der Waals surface area (Å²) in [5, 5.41) is 3.00. The fraction of sp³-hybridized carbons (Fsp3) is 0.455. The van der Waals surface area contributed by atoms with Gasteiger partial charge in [-0.3, -0.25) is 0 Å². The molecule has 0 bridgehead atoms. The van der Waals surface area contributed by atoms with Crippen LogP contribution in [0.25, 0.3) is 0 Å². The Morgan fingerprint density at radius 2 is 2.35 bits per heavy atom. The number of nitrogens with two attached hydrogens (primary N) is 1. The van der Waals surface area contributed by atoms with Gasteiger partial charge in [0.15, 0.2) is 0 Å². The Labute approximate surface area is 100 Å². The predicted molar refractivity (Wildman–Crippen MR) is 65.0 cm³/mol. The number of ether oxygens (including phenoxy) is 2. The maximum absolute atomic E-state index is 11.5. The first-order valence-corrected chi connectivity index (χ1v) is 5.34. The normalized spacial score (nSPS) is 10.0. The zero-order valence-electron chi connectivity index (χ0n) is 10.0. The molecule has 6 heteroatoms. The minimum Gasteiger partial charge on any atom is -0.465 e. The standard InChI is InChI=1S/C11H17N3O3/c1-3-17-5-4-13-10-9(11(15)16-2)6-8(12)7-14-10/h6-7H,3-5,12H2,1-2H3,(H,13,14). The number of rotatable bonds is 6. The number of hydrogen-bond acceptors (Lipinski definition) is 6. The Bertz CT molecular complexity index is 382. The Morgan fingerprint density at radius 3 is 3.00 bits per heavy atom. The molecule has 1 aromatic heterocycles. The molecule has 0 radical (unpaired) electrons. The van der Waals surface area contributed by atoms with Gasteiger partial charge in [0, 0.05) is 13.2 Å². The van der Waals surface area contributed by atoms with E-state index in [4.69, 9.17) is 10.5 Å². The van der Waals surface area contributed by atoms with E-state index in [2.05, 4.69) is 15.0 Å². The second kappa shape index (κ2) is 6.70. The van der Waals surface area contributed by atoms with E-state index in [1.165, 1.54) is 19.4 Å². The third-order valence-corrected chi connectivity index (χ3v) is 2.06. The van der Waals surface area contributed by atoms with Gasteiger partial charge in [-0.15, -0.1) is 0 Å². The summed E-state index contributed by atoms with van der Waals surface area (Å²) in [4.78, 5) is 15.5. The Morgan fingerprint density at radius 1 is 1.59 bits per heavy atom. The summed E-state index contributed by atoms with van der Waals surface area (Å²) in [5.41, 5.74) is 6.31. The number of nitrogens with one attached hydrogen (secondary N) is 1. The summed E-state index contributed by atoms with van der Waals surface area (Å²) in [5.74, 6) is -0.0190. The zero-order valence-corrected chi connectivity index (χ0v) is 10.0. The summed E-state index contributed by atoms with van der Waals surface area (Å²) < 4.78 is 9.83. The molecule has 0 aliphatic heterocycles. The summed E-state index contributed by atoms with van der Waals surface area (Å²) >= 11 is 0. The van der Waals surface area contributed by atoms with Crippen molar-refractivity contribution >= 4 is 17.5 Å². The molecular formula is C11H17N3O3. The fourth-order valence-electron chi connectivity index (χ4n) is 1.27. The van der Waals surface area contributed by atoms with E-state index in [-0.39, 0.29) is 0 Å². The number of aromatic nitrogens is 1. The molecule has 0 aliphatic carbocycles. The van der Waals surface area contributed by atoms with Gasteiger partial charge in [-0.1, -0.05) is 0 Å². The number of methoxy groups -OCH3 is 1. The smallest absolute Gasteiger partial charge is 0.341 e. The van der Waals surface area contributed by atoms with Crippen molar-refractivity contribution in [2.75, 3.05) is 37.9 Å². The molecule has 1 heterocycles. The minimum atomic E-state index is -0.469. The van der Waals surface area contributed by atoms with E-state index in [9.17, 15) is 4.79 Å². The highest BCUT2D eigenvalue weighted by Gasteiger charge is 2.13. The molecule has 6 nitrogen and oxygen atoms in total. The molecule has 1 rings (SSSR count). The topological polar surface area (TPSA) is 86.5 Å². The van der Waals surface area contributed by atoms with Gasteiger partial charge in [-0.2, -0.15) is 0 Å². The monoisotopic (exact) mass is 239 g/mol. The lowest BCUT2D eigenvalue weighted by Gasteiger charge is -2.10. The van der Waals surface area contributed by atoms with Crippen LogP contribution >= 0.6 is 0 Å². The van der Waals surface area contributed by atoms with Gasteiger partial charge in [0.1, 0.15) is 11.4 Å². The third kappa shape index (κ3) is 3.92. The van der Waals surface area contributed by atoms with Gasteiger partial charge in [0.25, 0.3) is 0 Å². The molecule has 0 spiro atoms. The first-order chi connectivity index (χ1) is 8.19. The van der Waals surface area contributed by atoms with E-state index < -0.39 is 5.97 Å². The Kier molecular flexibility index (Phi) is 5.22. The summed E-state index contributed by atoms with van der Waals surface area (Å²) in [6.07, 6.45) is 1.48. The Hall–Kier alpha value is -1.82. The van der Waals surface area contributed by atoms with Crippen LogP contribution in [0.3, 0.4) is 0 Å². The zero-order chi connectivity index (χ0) is 12.7. The average Bonchev–Trinajstić information content (AvgIpc) is 2.35. The molecule has 0 unspecified atom stereocenters. The first-order valence-electron chi connectivity index (χ1n) is 5.34. The highest BCUT2D eigenvalue weighted by Crippen LogP contribution is 2.16. The molecule has 94 valence electrons. The van der Waals surface area contributed by atoms with E-state index in [0.717, 1.165) is 0 Å². The lowest BCUT2D eigenvalue weighted by Crippen LogP contribution is -2.14. The molecular weight excluding hydrogens is 222 g/mol. The quantitative estimate of drug-likeness (QED) is 0.566.